The van der Waals surface area contributed by atoms with Gasteiger partial charge in [-0.25, -0.2) is 4.98 Å². The number of nitrogens with zero attached hydrogens (tertiary/aromatic N) is 1. The maximum Gasteiger partial charge on any atom is 0.263 e. The van der Waals surface area contributed by atoms with E-state index in [1.807, 2.05) is 13.8 Å². The molecule has 3 N–H and O–H groups in total. The summed E-state index contributed by atoms with van der Waals surface area (Å²) in [5.41, 5.74) is 0.846. The summed E-state index contributed by atoms with van der Waals surface area (Å²) in [6.45, 7) is 5.25. The molecule has 0 radical (unpaired) electrons. The fourth-order valence-corrected chi connectivity index (χ4v) is 3.04. The Balaban J connectivity index is 2.06. The van der Waals surface area contributed by atoms with Gasteiger partial charge in [-0.2, -0.15) is 0 Å². The van der Waals surface area contributed by atoms with Crippen molar-refractivity contribution in [2.45, 2.75) is 38.8 Å². The molecule has 100 valence electrons. The predicted octanol–water partition coefficient (Wildman–Crippen LogP) is 0.467. The van der Waals surface area contributed by atoms with Crippen LogP contribution in [0.5, 0.6) is 0 Å². The summed E-state index contributed by atoms with van der Waals surface area (Å²) in [6, 6.07) is -0.161. The first-order chi connectivity index (χ1) is 8.61. The zero-order chi connectivity index (χ0) is 13.1. The summed E-state index contributed by atoms with van der Waals surface area (Å²) in [4.78, 5) is 17.2. The van der Waals surface area contributed by atoms with Gasteiger partial charge in [-0.3, -0.25) is 4.79 Å². The number of carbonyl (C=O) groups excluding carboxylic acids is 1. The van der Waals surface area contributed by atoms with Crippen molar-refractivity contribution in [3.8, 4) is 0 Å². The molecule has 0 aromatic carbocycles. The van der Waals surface area contributed by atoms with Crippen LogP contribution in [0.25, 0.3) is 0 Å². The van der Waals surface area contributed by atoms with E-state index in [1.54, 1.807) is 0 Å². The van der Waals surface area contributed by atoms with E-state index in [9.17, 15) is 9.90 Å². The first-order valence-electron chi connectivity index (χ1n) is 6.27. The number of aliphatic hydroxyl groups excluding tert-OH is 1. The Morgan fingerprint density at radius 3 is 3.11 bits per heavy atom. The fraction of sp³-hybridized carbons (Fsp3) is 0.667. The molecule has 1 aliphatic heterocycles. The number of thiazole rings is 1. The van der Waals surface area contributed by atoms with Crippen molar-refractivity contribution in [1.82, 2.24) is 15.6 Å². The molecule has 1 aromatic heterocycles. The second-order valence-electron chi connectivity index (χ2n) is 4.50. The van der Waals surface area contributed by atoms with Crippen molar-refractivity contribution in [3.05, 3.63) is 15.6 Å². The molecule has 0 spiro atoms. The van der Waals surface area contributed by atoms with Crippen LogP contribution in [-0.4, -0.2) is 41.2 Å². The van der Waals surface area contributed by atoms with Gasteiger partial charge < -0.3 is 15.7 Å². The van der Waals surface area contributed by atoms with E-state index in [0.29, 0.717) is 11.4 Å². The number of aromatic nitrogens is 1. The SMILES string of the molecule is CCc1nc(C)sc1C(=O)N[C@@H]1CCNC[C@H]1O. The minimum atomic E-state index is -0.512. The van der Waals surface area contributed by atoms with Gasteiger partial charge in [0.2, 0.25) is 0 Å². The third kappa shape index (κ3) is 2.88. The number of β-amino-alcohol motifs (C(OH)–C–C–N with tert-alkyl or cyclic N) is 1. The lowest BCUT2D eigenvalue weighted by Gasteiger charge is -2.28. The van der Waals surface area contributed by atoms with Crippen LogP contribution >= 0.6 is 11.3 Å². The van der Waals surface area contributed by atoms with Gasteiger partial charge in [0.05, 0.1) is 22.8 Å². The quantitative estimate of drug-likeness (QED) is 0.745. The summed E-state index contributed by atoms with van der Waals surface area (Å²) in [7, 11) is 0. The second kappa shape index (κ2) is 5.77. The lowest BCUT2D eigenvalue weighted by molar-refractivity contribution is 0.0767. The van der Waals surface area contributed by atoms with Crippen LogP contribution in [0.1, 0.15) is 33.7 Å². The normalized spacial score (nSPS) is 23.9. The van der Waals surface area contributed by atoms with Gasteiger partial charge in [-0.1, -0.05) is 6.92 Å². The molecule has 1 amide bonds. The van der Waals surface area contributed by atoms with Crippen LogP contribution in [-0.2, 0) is 6.42 Å². The first-order valence-corrected chi connectivity index (χ1v) is 7.09. The number of amides is 1. The molecule has 1 fully saturated rings. The summed E-state index contributed by atoms with van der Waals surface area (Å²) in [5.74, 6) is -0.108. The fourth-order valence-electron chi connectivity index (χ4n) is 2.13. The van der Waals surface area contributed by atoms with Crippen molar-refractivity contribution in [2.24, 2.45) is 0 Å². The number of hydrogen-bond acceptors (Lipinski definition) is 5. The third-order valence-corrected chi connectivity index (χ3v) is 4.12. The van der Waals surface area contributed by atoms with E-state index >= 15 is 0 Å². The summed E-state index contributed by atoms with van der Waals surface area (Å²) in [5, 5.41) is 16.7. The minimum absolute atomic E-state index is 0.108. The Kier molecular flexibility index (Phi) is 4.31. The third-order valence-electron chi connectivity index (χ3n) is 3.11. The van der Waals surface area contributed by atoms with Crippen LogP contribution in [0.2, 0.25) is 0 Å². The van der Waals surface area contributed by atoms with Gasteiger partial charge in [-0.05, 0) is 26.3 Å². The Bertz CT molecular complexity index is 433. The molecule has 5 nitrogen and oxygen atoms in total. The van der Waals surface area contributed by atoms with Crippen LogP contribution in [0, 0.1) is 6.92 Å². The largest absolute Gasteiger partial charge is 0.390 e. The van der Waals surface area contributed by atoms with E-state index < -0.39 is 6.10 Å². The number of aryl methyl sites for hydroxylation is 2. The maximum absolute atomic E-state index is 12.2. The smallest absolute Gasteiger partial charge is 0.263 e. The number of aliphatic hydroxyl groups is 1. The average Bonchev–Trinajstić information content (AvgIpc) is 2.73. The second-order valence-corrected chi connectivity index (χ2v) is 5.71. The molecule has 0 aliphatic carbocycles. The van der Waals surface area contributed by atoms with Crippen molar-refractivity contribution in [2.75, 3.05) is 13.1 Å². The maximum atomic E-state index is 12.2. The molecule has 0 bridgehead atoms. The minimum Gasteiger partial charge on any atom is -0.390 e. The molecular formula is C12H19N3O2S. The Morgan fingerprint density at radius 1 is 1.67 bits per heavy atom. The van der Waals surface area contributed by atoms with Crippen LogP contribution in [0.4, 0.5) is 0 Å². The highest BCUT2D eigenvalue weighted by atomic mass is 32.1. The standard InChI is InChI=1S/C12H19N3O2S/c1-3-8-11(18-7(2)14-8)12(17)15-9-4-5-13-6-10(9)16/h9-10,13,16H,3-6H2,1-2H3,(H,15,17)/t9-,10-/m1/s1. The van der Waals surface area contributed by atoms with Crippen LogP contribution in [0.15, 0.2) is 0 Å². The number of piperidine rings is 1. The predicted molar refractivity (Wildman–Crippen MR) is 71.0 cm³/mol. The first kappa shape index (κ1) is 13.5. The van der Waals surface area contributed by atoms with Gasteiger partial charge in [0.15, 0.2) is 0 Å². The molecule has 0 saturated carbocycles. The van der Waals surface area contributed by atoms with Crippen molar-refractivity contribution in [3.63, 3.8) is 0 Å². The molecule has 1 aliphatic rings. The van der Waals surface area contributed by atoms with Gasteiger partial charge in [0, 0.05) is 6.54 Å². The average molecular weight is 269 g/mol. The Hall–Kier alpha value is -0.980. The molecule has 1 aromatic rings. The highest BCUT2D eigenvalue weighted by Gasteiger charge is 2.26. The molecule has 18 heavy (non-hydrogen) atoms. The van der Waals surface area contributed by atoms with Crippen molar-refractivity contribution in [1.29, 1.82) is 0 Å². The summed E-state index contributed by atoms with van der Waals surface area (Å²) < 4.78 is 0. The monoisotopic (exact) mass is 269 g/mol. The summed E-state index contributed by atoms with van der Waals surface area (Å²) >= 11 is 1.42. The van der Waals surface area contributed by atoms with E-state index in [4.69, 9.17) is 0 Å². The number of nitrogens with one attached hydrogen (secondary N) is 2. The highest BCUT2D eigenvalue weighted by molar-refractivity contribution is 7.13. The molecule has 0 unspecified atom stereocenters. The molecule has 2 heterocycles. The van der Waals surface area contributed by atoms with E-state index in [2.05, 4.69) is 15.6 Å². The zero-order valence-corrected chi connectivity index (χ0v) is 11.5. The number of hydrogen-bond donors (Lipinski definition) is 3. The Morgan fingerprint density at radius 2 is 2.44 bits per heavy atom. The molecule has 2 rings (SSSR count). The molecule has 6 heteroatoms. The van der Waals surface area contributed by atoms with E-state index in [1.165, 1.54) is 11.3 Å². The van der Waals surface area contributed by atoms with Crippen LogP contribution < -0.4 is 10.6 Å². The zero-order valence-electron chi connectivity index (χ0n) is 10.7. The van der Waals surface area contributed by atoms with Crippen LogP contribution in [0.3, 0.4) is 0 Å². The van der Waals surface area contributed by atoms with Crippen molar-refractivity contribution < 1.29 is 9.90 Å². The number of carbonyl (C=O) groups is 1. The van der Waals surface area contributed by atoms with Gasteiger partial charge in [0.1, 0.15) is 4.88 Å². The molecular weight excluding hydrogens is 250 g/mol. The lowest BCUT2D eigenvalue weighted by Crippen LogP contribution is -2.52. The molecule has 1 saturated heterocycles. The van der Waals surface area contributed by atoms with Crippen molar-refractivity contribution >= 4 is 17.2 Å². The lowest BCUT2D eigenvalue weighted by atomic mass is 10.0. The highest BCUT2D eigenvalue weighted by Crippen LogP contribution is 2.19. The topological polar surface area (TPSA) is 74.2 Å². The van der Waals surface area contributed by atoms with Gasteiger partial charge in [0.25, 0.3) is 5.91 Å². The Labute approximate surface area is 111 Å². The molecule has 2 atom stereocenters. The number of rotatable bonds is 3. The van der Waals surface area contributed by atoms with E-state index in [0.717, 1.165) is 30.1 Å². The van der Waals surface area contributed by atoms with Gasteiger partial charge >= 0.3 is 0 Å². The summed E-state index contributed by atoms with van der Waals surface area (Å²) in [6.07, 6.45) is 0.996. The van der Waals surface area contributed by atoms with Gasteiger partial charge in [-0.15, -0.1) is 11.3 Å². The van der Waals surface area contributed by atoms with E-state index in [-0.39, 0.29) is 11.9 Å².